The number of para-hydroxylation sites is 1. The predicted octanol–water partition coefficient (Wildman–Crippen LogP) is 3.39. The van der Waals surface area contributed by atoms with Crippen LogP contribution in [0.1, 0.15) is 12.8 Å². The third-order valence-electron chi connectivity index (χ3n) is 2.76. The van der Waals surface area contributed by atoms with Crippen LogP contribution in [0.3, 0.4) is 0 Å². The van der Waals surface area contributed by atoms with Crippen LogP contribution in [0.25, 0.3) is 0 Å². The number of esters is 1. The topological polar surface area (TPSA) is 38.3 Å². The summed E-state index contributed by atoms with van der Waals surface area (Å²) in [7, 11) is -1.17. The molecule has 0 aliphatic heterocycles. The Hall–Kier alpha value is -1.39. The van der Waals surface area contributed by atoms with E-state index >= 15 is 0 Å². The van der Waals surface area contributed by atoms with Gasteiger partial charge in [0, 0.05) is 6.04 Å². The van der Waals surface area contributed by atoms with Crippen molar-refractivity contribution >= 4 is 14.0 Å². The smallest absolute Gasteiger partial charge is 0.312 e. The largest absolute Gasteiger partial charge is 0.426 e. The molecule has 0 saturated carbocycles. The minimum Gasteiger partial charge on any atom is -0.426 e. The molecule has 1 aromatic carbocycles. The molecule has 4 heteroatoms. The van der Waals surface area contributed by atoms with E-state index in [9.17, 15) is 4.79 Å². The number of hydrogen-bond donors (Lipinski definition) is 1. The lowest BCUT2D eigenvalue weighted by Crippen LogP contribution is -2.43. The maximum Gasteiger partial charge on any atom is 0.312 e. The van der Waals surface area contributed by atoms with Gasteiger partial charge in [-0.2, -0.15) is 0 Å². The van der Waals surface area contributed by atoms with Crippen LogP contribution in [-0.4, -0.2) is 26.3 Å². The van der Waals surface area contributed by atoms with Crippen LogP contribution in [0.5, 0.6) is 5.75 Å². The van der Waals surface area contributed by atoms with Gasteiger partial charge in [0.1, 0.15) is 5.75 Å². The maximum atomic E-state index is 11.9. The van der Waals surface area contributed by atoms with Crippen molar-refractivity contribution in [3.05, 3.63) is 43.0 Å². The number of rotatable bonds is 8. The maximum absolute atomic E-state index is 11.9. The van der Waals surface area contributed by atoms with Crippen LogP contribution < -0.4 is 10.1 Å². The van der Waals surface area contributed by atoms with E-state index in [2.05, 4.69) is 31.5 Å². The number of nitrogens with one attached hydrogen (secondary N) is 1. The molecule has 1 unspecified atom stereocenters. The van der Waals surface area contributed by atoms with Crippen LogP contribution in [0.2, 0.25) is 19.6 Å². The fraction of sp³-hybridized carbons (Fsp3) is 0.438. The summed E-state index contributed by atoms with van der Waals surface area (Å²) in [5.74, 6) is 0.395. The van der Waals surface area contributed by atoms with Gasteiger partial charge in [-0.1, -0.05) is 43.9 Å². The highest BCUT2D eigenvalue weighted by molar-refractivity contribution is 6.76. The van der Waals surface area contributed by atoms with Crippen molar-refractivity contribution in [3.63, 3.8) is 0 Å². The number of hydrogen-bond acceptors (Lipinski definition) is 3. The van der Waals surface area contributed by atoms with Crippen LogP contribution in [0.15, 0.2) is 43.0 Å². The lowest BCUT2D eigenvalue weighted by atomic mass is 10.1. The molecule has 0 saturated heterocycles. The summed E-state index contributed by atoms with van der Waals surface area (Å²) in [6, 6.07) is 9.29. The Labute approximate surface area is 123 Å². The first-order valence-electron chi connectivity index (χ1n) is 7.01. The molecule has 20 heavy (non-hydrogen) atoms. The Bertz CT molecular complexity index is 426. The lowest BCUT2D eigenvalue weighted by molar-refractivity contribution is -0.134. The number of carbonyl (C=O) groups excluding carboxylic acids is 1. The Kier molecular flexibility index (Phi) is 6.68. The van der Waals surface area contributed by atoms with Crippen molar-refractivity contribution in [2.24, 2.45) is 0 Å². The second-order valence-corrected chi connectivity index (χ2v) is 11.6. The molecule has 0 heterocycles. The zero-order chi connectivity index (χ0) is 15.0. The molecule has 0 radical (unpaired) electrons. The zero-order valence-electron chi connectivity index (χ0n) is 12.7. The monoisotopic (exact) mass is 291 g/mol. The third-order valence-corrected chi connectivity index (χ3v) is 4.02. The van der Waals surface area contributed by atoms with Crippen molar-refractivity contribution < 1.29 is 9.53 Å². The normalized spacial score (nSPS) is 12.8. The van der Waals surface area contributed by atoms with Gasteiger partial charge in [-0.3, -0.25) is 4.79 Å². The summed E-state index contributed by atoms with van der Waals surface area (Å²) in [4.78, 5) is 11.9. The lowest BCUT2D eigenvalue weighted by Gasteiger charge is -2.22. The average molecular weight is 291 g/mol. The number of benzene rings is 1. The first-order chi connectivity index (χ1) is 9.40. The van der Waals surface area contributed by atoms with Crippen molar-refractivity contribution in [2.45, 2.75) is 38.5 Å². The van der Waals surface area contributed by atoms with Gasteiger partial charge in [-0.15, -0.1) is 6.58 Å². The van der Waals surface area contributed by atoms with Gasteiger partial charge in [0.2, 0.25) is 0 Å². The minimum atomic E-state index is -1.17. The zero-order valence-corrected chi connectivity index (χ0v) is 13.7. The summed E-state index contributed by atoms with van der Waals surface area (Å²) < 4.78 is 5.32. The molecule has 1 atom stereocenters. The molecule has 0 fully saturated rings. The van der Waals surface area contributed by atoms with E-state index in [1.54, 1.807) is 12.1 Å². The molecular formula is C16H25NO2Si. The van der Waals surface area contributed by atoms with E-state index in [1.165, 1.54) is 0 Å². The van der Waals surface area contributed by atoms with Crippen LogP contribution >= 0.6 is 0 Å². The summed E-state index contributed by atoms with van der Waals surface area (Å²) in [6.07, 6.45) is 3.97. The van der Waals surface area contributed by atoms with E-state index in [0.29, 0.717) is 12.2 Å². The molecule has 0 amide bonds. The van der Waals surface area contributed by atoms with Crippen molar-refractivity contribution in [1.29, 1.82) is 0 Å². The Morgan fingerprint density at radius 3 is 2.55 bits per heavy atom. The van der Waals surface area contributed by atoms with Crippen LogP contribution in [-0.2, 0) is 4.79 Å². The van der Waals surface area contributed by atoms with Crippen molar-refractivity contribution in [3.8, 4) is 5.75 Å². The van der Waals surface area contributed by atoms with Gasteiger partial charge in [-0.25, -0.2) is 0 Å². The molecule has 1 rings (SSSR count). The van der Waals surface area contributed by atoms with Gasteiger partial charge in [-0.05, 0) is 24.7 Å². The molecular weight excluding hydrogens is 266 g/mol. The van der Waals surface area contributed by atoms with E-state index in [1.807, 2.05) is 24.3 Å². The summed E-state index contributed by atoms with van der Waals surface area (Å²) >= 11 is 0. The average Bonchev–Trinajstić information content (AvgIpc) is 2.36. The summed E-state index contributed by atoms with van der Waals surface area (Å²) in [5.41, 5.74) is 0. The molecule has 0 spiro atoms. The summed E-state index contributed by atoms with van der Waals surface area (Å²) in [5, 5.41) is 3.47. The van der Waals surface area contributed by atoms with E-state index in [4.69, 9.17) is 4.74 Å². The molecule has 3 nitrogen and oxygen atoms in total. The summed E-state index contributed by atoms with van der Waals surface area (Å²) in [6.45, 7) is 10.7. The highest BCUT2D eigenvalue weighted by Gasteiger charge is 2.18. The Morgan fingerprint density at radius 2 is 2.00 bits per heavy atom. The van der Waals surface area contributed by atoms with Crippen LogP contribution in [0.4, 0.5) is 0 Å². The fourth-order valence-electron chi connectivity index (χ4n) is 1.75. The van der Waals surface area contributed by atoms with E-state index in [0.717, 1.165) is 12.6 Å². The fourth-order valence-corrected chi connectivity index (χ4v) is 2.65. The quantitative estimate of drug-likeness (QED) is 0.345. The first-order valence-corrected chi connectivity index (χ1v) is 10.7. The van der Waals surface area contributed by atoms with Crippen molar-refractivity contribution in [1.82, 2.24) is 5.32 Å². The van der Waals surface area contributed by atoms with Crippen molar-refractivity contribution in [2.75, 3.05) is 6.17 Å². The Morgan fingerprint density at radius 1 is 1.35 bits per heavy atom. The highest BCUT2D eigenvalue weighted by Crippen LogP contribution is 2.11. The first kappa shape index (κ1) is 16.7. The van der Waals surface area contributed by atoms with E-state index < -0.39 is 8.07 Å². The van der Waals surface area contributed by atoms with Gasteiger partial charge < -0.3 is 10.1 Å². The molecule has 0 aliphatic carbocycles. The second-order valence-electron chi connectivity index (χ2n) is 6.15. The standard InChI is InChI=1S/C16H25NO2Si/c1-5-9-14(17-13-20(2,3)4)12-16(18)19-15-10-7-6-8-11-15/h5-8,10-11,14,17H,1,9,12-13H2,2-4H3. The van der Waals surface area contributed by atoms with Gasteiger partial charge in [0.05, 0.1) is 14.5 Å². The highest BCUT2D eigenvalue weighted by atomic mass is 28.3. The SMILES string of the molecule is C=CCC(CC(=O)Oc1ccccc1)NC[Si](C)(C)C. The van der Waals surface area contributed by atoms with Gasteiger partial charge >= 0.3 is 5.97 Å². The third kappa shape index (κ3) is 7.26. The Balaban J connectivity index is 2.48. The van der Waals surface area contributed by atoms with E-state index in [-0.39, 0.29) is 12.0 Å². The molecule has 1 N–H and O–H groups in total. The molecule has 0 aromatic heterocycles. The predicted molar refractivity (Wildman–Crippen MR) is 86.6 cm³/mol. The van der Waals surface area contributed by atoms with Gasteiger partial charge in [0.25, 0.3) is 0 Å². The minimum absolute atomic E-state index is 0.107. The number of carbonyl (C=O) groups is 1. The molecule has 0 bridgehead atoms. The number of ether oxygens (including phenoxy) is 1. The van der Waals surface area contributed by atoms with Gasteiger partial charge in [0.15, 0.2) is 0 Å². The molecule has 0 aliphatic rings. The molecule has 110 valence electrons. The second kappa shape index (κ2) is 8.02. The molecule has 1 aromatic rings. The van der Waals surface area contributed by atoms with Crippen LogP contribution in [0, 0.1) is 0 Å².